The van der Waals surface area contributed by atoms with Crippen LogP contribution in [-0.2, 0) is 10.0 Å². The Kier molecular flexibility index (Phi) is 3.77. The molecule has 1 aromatic rings. The zero-order chi connectivity index (χ0) is 14.0. The summed E-state index contributed by atoms with van der Waals surface area (Å²) in [5.74, 6) is 0.0495. The minimum atomic E-state index is -3.09. The van der Waals surface area contributed by atoms with Crippen LogP contribution in [0.1, 0.15) is 5.56 Å². The molecule has 0 saturated carbocycles. The molecule has 104 valence electrons. The predicted octanol–water partition coefficient (Wildman–Crippen LogP) is 0.0523. The lowest BCUT2D eigenvalue weighted by molar-refractivity contribution is 0.388. The number of hydrogen-bond donors (Lipinski definition) is 2. The highest BCUT2D eigenvalue weighted by Gasteiger charge is 2.23. The molecule has 2 rings (SSSR count). The number of nitrogens with zero attached hydrogens (tertiary/aromatic N) is 2. The summed E-state index contributed by atoms with van der Waals surface area (Å²) in [6, 6.07) is 7.43. The van der Waals surface area contributed by atoms with Gasteiger partial charge >= 0.3 is 0 Å². The topological polar surface area (TPSA) is 90.5 Å². The second-order valence-corrected chi connectivity index (χ2v) is 6.59. The van der Waals surface area contributed by atoms with E-state index < -0.39 is 10.0 Å². The van der Waals surface area contributed by atoms with Crippen LogP contribution in [0, 0.1) is 5.41 Å². The van der Waals surface area contributed by atoms with Gasteiger partial charge in [-0.1, -0.05) is 0 Å². The van der Waals surface area contributed by atoms with Gasteiger partial charge in [-0.15, -0.1) is 0 Å². The molecule has 0 radical (unpaired) electrons. The first kappa shape index (κ1) is 13.8. The predicted molar refractivity (Wildman–Crippen MR) is 76.1 cm³/mol. The summed E-state index contributed by atoms with van der Waals surface area (Å²) in [5, 5.41) is 7.34. The van der Waals surface area contributed by atoms with Gasteiger partial charge in [-0.2, -0.15) is 4.31 Å². The highest BCUT2D eigenvalue weighted by Crippen LogP contribution is 2.18. The average Bonchev–Trinajstić information content (AvgIpc) is 2.38. The Labute approximate surface area is 113 Å². The molecule has 7 heteroatoms. The van der Waals surface area contributed by atoms with Gasteiger partial charge in [-0.05, 0) is 24.3 Å². The SMILES string of the molecule is CS(=O)(=O)N1CCN(c2ccc(C(=N)N)cc2)CC1. The van der Waals surface area contributed by atoms with Crippen molar-refractivity contribution in [1.29, 1.82) is 5.41 Å². The maximum atomic E-state index is 11.4. The molecule has 0 aromatic heterocycles. The van der Waals surface area contributed by atoms with Crippen LogP contribution in [0.25, 0.3) is 0 Å². The minimum absolute atomic E-state index is 0.0495. The molecule has 6 nitrogen and oxygen atoms in total. The number of amidine groups is 1. The number of sulfonamides is 1. The molecule has 3 N–H and O–H groups in total. The van der Waals surface area contributed by atoms with Crippen LogP contribution in [0.5, 0.6) is 0 Å². The minimum Gasteiger partial charge on any atom is -0.384 e. The van der Waals surface area contributed by atoms with Crippen molar-refractivity contribution in [2.45, 2.75) is 0 Å². The molecule has 0 atom stereocenters. The zero-order valence-electron chi connectivity index (χ0n) is 10.8. The summed E-state index contributed by atoms with van der Waals surface area (Å²) in [6.45, 7) is 2.36. The van der Waals surface area contributed by atoms with Gasteiger partial charge in [0, 0.05) is 37.4 Å². The van der Waals surface area contributed by atoms with Gasteiger partial charge < -0.3 is 10.6 Å². The van der Waals surface area contributed by atoms with Crippen molar-refractivity contribution in [2.75, 3.05) is 37.3 Å². The number of rotatable bonds is 3. The standard InChI is InChI=1S/C12H18N4O2S/c1-19(17,18)16-8-6-15(7-9-16)11-4-2-10(3-5-11)12(13)14/h2-5H,6-9H2,1H3,(H3,13,14). The molecular formula is C12H18N4O2S. The van der Waals surface area contributed by atoms with E-state index in [0.29, 0.717) is 31.7 Å². The van der Waals surface area contributed by atoms with E-state index in [0.717, 1.165) is 5.69 Å². The third-order valence-electron chi connectivity index (χ3n) is 3.25. The molecule has 0 unspecified atom stereocenters. The zero-order valence-corrected chi connectivity index (χ0v) is 11.7. The number of piperazine rings is 1. The van der Waals surface area contributed by atoms with Crippen LogP contribution >= 0.6 is 0 Å². The van der Waals surface area contributed by atoms with E-state index in [4.69, 9.17) is 11.1 Å². The Morgan fingerprint density at radius 1 is 1.16 bits per heavy atom. The third-order valence-corrected chi connectivity index (χ3v) is 4.55. The van der Waals surface area contributed by atoms with E-state index in [1.165, 1.54) is 10.6 Å². The Hall–Kier alpha value is -1.60. The normalized spacial score (nSPS) is 17.4. The van der Waals surface area contributed by atoms with Gasteiger partial charge in [-0.3, -0.25) is 5.41 Å². The monoisotopic (exact) mass is 282 g/mol. The lowest BCUT2D eigenvalue weighted by Gasteiger charge is -2.34. The maximum Gasteiger partial charge on any atom is 0.211 e. The highest BCUT2D eigenvalue weighted by molar-refractivity contribution is 7.88. The summed E-state index contributed by atoms with van der Waals surface area (Å²) in [4.78, 5) is 2.13. The van der Waals surface area contributed by atoms with Crippen LogP contribution in [0.4, 0.5) is 5.69 Å². The molecule has 1 aliphatic rings. The van der Waals surface area contributed by atoms with E-state index in [2.05, 4.69) is 4.90 Å². The van der Waals surface area contributed by atoms with E-state index in [9.17, 15) is 8.42 Å². The van der Waals surface area contributed by atoms with Crippen molar-refractivity contribution in [2.24, 2.45) is 5.73 Å². The molecule has 0 bridgehead atoms. The molecule has 0 spiro atoms. The third kappa shape index (κ3) is 3.24. The molecular weight excluding hydrogens is 264 g/mol. The van der Waals surface area contributed by atoms with Crippen LogP contribution in [-0.4, -0.2) is 51.0 Å². The lowest BCUT2D eigenvalue weighted by Crippen LogP contribution is -2.48. The number of nitrogen functional groups attached to an aromatic ring is 1. The van der Waals surface area contributed by atoms with Crippen molar-refractivity contribution in [1.82, 2.24) is 4.31 Å². The number of benzene rings is 1. The van der Waals surface area contributed by atoms with Gasteiger partial charge in [0.15, 0.2) is 0 Å². The fraction of sp³-hybridized carbons (Fsp3) is 0.417. The molecule has 0 amide bonds. The molecule has 1 fully saturated rings. The Bertz CT molecular complexity index is 560. The number of hydrogen-bond acceptors (Lipinski definition) is 4. The van der Waals surface area contributed by atoms with E-state index in [1.54, 1.807) is 12.1 Å². The van der Waals surface area contributed by atoms with Gasteiger partial charge in [0.05, 0.1) is 6.26 Å². The first-order valence-electron chi connectivity index (χ1n) is 6.02. The van der Waals surface area contributed by atoms with Crippen molar-refractivity contribution in [3.05, 3.63) is 29.8 Å². The van der Waals surface area contributed by atoms with Crippen LogP contribution in [0.3, 0.4) is 0 Å². The van der Waals surface area contributed by atoms with Gasteiger partial charge in [0.2, 0.25) is 10.0 Å². The van der Waals surface area contributed by atoms with Crippen molar-refractivity contribution in [3.63, 3.8) is 0 Å². The fourth-order valence-electron chi connectivity index (χ4n) is 2.13. The van der Waals surface area contributed by atoms with Crippen LogP contribution < -0.4 is 10.6 Å². The van der Waals surface area contributed by atoms with E-state index >= 15 is 0 Å². The molecule has 19 heavy (non-hydrogen) atoms. The Morgan fingerprint density at radius 2 is 1.68 bits per heavy atom. The first-order valence-corrected chi connectivity index (χ1v) is 7.87. The average molecular weight is 282 g/mol. The smallest absolute Gasteiger partial charge is 0.211 e. The second-order valence-electron chi connectivity index (χ2n) is 4.61. The van der Waals surface area contributed by atoms with Crippen LogP contribution in [0.2, 0.25) is 0 Å². The second kappa shape index (κ2) is 5.18. The molecule has 1 heterocycles. The highest BCUT2D eigenvalue weighted by atomic mass is 32.2. The van der Waals surface area contributed by atoms with E-state index in [1.807, 2.05) is 12.1 Å². The van der Waals surface area contributed by atoms with Gasteiger partial charge in [0.25, 0.3) is 0 Å². The Morgan fingerprint density at radius 3 is 2.11 bits per heavy atom. The summed E-state index contributed by atoms with van der Waals surface area (Å²) < 4.78 is 24.3. The number of anilines is 1. The van der Waals surface area contributed by atoms with Crippen molar-refractivity contribution >= 4 is 21.5 Å². The summed E-state index contributed by atoms with van der Waals surface area (Å²) in [5.41, 5.74) is 7.12. The summed E-state index contributed by atoms with van der Waals surface area (Å²) in [7, 11) is -3.09. The maximum absolute atomic E-state index is 11.4. The summed E-state index contributed by atoms with van der Waals surface area (Å²) in [6.07, 6.45) is 1.24. The molecule has 1 aromatic carbocycles. The Balaban J connectivity index is 2.03. The number of nitrogens with one attached hydrogen (secondary N) is 1. The quantitative estimate of drug-likeness (QED) is 0.605. The van der Waals surface area contributed by atoms with Gasteiger partial charge in [-0.25, -0.2) is 8.42 Å². The van der Waals surface area contributed by atoms with Crippen LogP contribution in [0.15, 0.2) is 24.3 Å². The molecule has 1 saturated heterocycles. The summed E-state index contributed by atoms with van der Waals surface area (Å²) >= 11 is 0. The van der Waals surface area contributed by atoms with Crippen molar-refractivity contribution < 1.29 is 8.42 Å². The molecule has 1 aliphatic heterocycles. The van der Waals surface area contributed by atoms with Crippen molar-refractivity contribution in [3.8, 4) is 0 Å². The lowest BCUT2D eigenvalue weighted by atomic mass is 10.1. The van der Waals surface area contributed by atoms with E-state index in [-0.39, 0.29) is 5.84 Å². The van der Waals surface area contributed by atoms with Gasteiger partial charge in [0.1, 0.15) is 5.84 Å². The first-order chi connectivity index (χ1) is 8.88. The number of nitrogens with two attached hydrogens (primary N) is 1. The molecule has 0 aliphatic carbocycles. The largest absolute Gasteiger partial charge is 0.384 e. The fourth-order valence-corrected chi connectivity index (χ4v) is 2.96.